The number of aryl methyl sites for hydroxylation is 3. The van der Waals surface area contributed by atoms with Crippen LogP contribution in [-0.4, -0.2) is 174 Å². The fraction of sp³-hybridized carbons (Fsp3) is 0.448. The van der Waals surface area contributed by atoms with Gasteiger partial charge < -0.3 is 52.2 Å². The molecule has 149 heavy (non-hydrogen) atoms. The van der Waals surface area contributed by atoms with Gasteiger partial charge in [-0.05, 0) is 186 Å². The minimum absolute atomic E-state index is 0.0184. The molecule has 5 aromatic heterocycles. The Bertz CT molecular complexity index is 7110. The number of pyridine rings is 2. The van der Waals surface area contributed by atoms with E-state index in [0.717, 1.165) is 181 Å². The smallest absolute Gasteiger partial charge is 0.433 e. The second-order valence-electron chi connectivity index (χ2n) is 45.5. The van der Waals surface area contributed by atoms with Crippen molar-refractivity contribution in [3.8, 4) is 12.3 Å². The molecule has 2 unspecified atom stereocenters. The van der Waals surface area contributed by atoms with Gasteiger partial charge in [-0.3, -0.25) is 14.4 Å². The van der Waals surface area contributed by atoms with Crippen molar-refractivity contribution < 1.29 is 41.0 Å². The minimum atomic E-state index is -4.55. The lowest BCUT2D eigenvalue weighted by Gasteiger charge is -2.41. The highest BCUT2D eigenvalue weighted by atomic mass is 32.2. The van der Waals surface area contributed by atoms with Gasteiger partial charge in [-0.15, -0.1) is 88.8 Å². The summed E-state index contributed by atoms with van der Waals surface area (Å²) >= 11 is 12.3. The van der Waals surface area contributed by atoms with Gasteiger partial charge in [0.15, 0.2) is 11.2 Å². The van der Waals surface area contributed by atoms with E-state index in [1.54, 1.807) is 71.3 Å². The first-order valence-electron chi connectivity index (χ1n) is 50.3. The highest BCUT2D eigenvalue weighted by Crippen LogP contribution is 2.46. The summed E-state index contributed by atoms with van der Waals surface area (Å²) in [4.78, 5) is 87.2. The monoisotopic (exact) mass is 2160 g/mol. The highest BCUT2D eigenvalue weighted by molar-refractivity contribution is 8.02. The van der Waals surface area contributed by atoms with Crippen LogP contribution in [0.3, 0.4) is 0 Å². The number of aliphatic hydroxyl groups is 1. The van der Waals surface area contributed by atoms with E-state index in [1.165, 1.54) is 26.1 Å². The van der Waals surface area contributed by atoms with Gasteiger partial charge >= 0.3 is 12.4 Å². The molecule has 9 N–H and O–H groups in total. The fourth-order valence-corrected chi connectivity index (χ4v) is 24.8. The standard InChI is InChI=1S/C18H22F3N3S.C18H24N4S.2C17H24N4S.C16H18O2S.C16H16OS.C14H14F3NOS/c1-17(2,3)25-12-4-5-13-14(6-12)23-16(18(19,20)21)7-15(13)24-9-11(8-22)10-24;1-11-20-15-6-5-13(23-18(2,3)4)7-14(15)17(21-11)22-9-12-8-19-16(12)10-22;1-11-19-15-6-5-13(22-17(2,3)4)7-14(15)16(20-11)21-9-12(8-18)10-21;1-11-19-15-7-13(22-17(2,3)4)5-6-14(15)16(20-11)21-9-12(8-18)10-21;1-10(17)13-8-6-11-5-7-12(19-16(2,3)4)9-14(11)15(13)18;1-5-11-6-7-12-8-9-13(18-16(2,3)4)10-14(12)15(11)17;1-13(2,3)20-8-4-5-10-9(6-8)11(19)7-12(18-10)14(15,16)17/h4-7,11H,8-10,22H2,1-3H3;5-7,12,16,19H,8-10H2,1-4H3;2*5-7,12H,8-10,18H2,1-4H3;5,7-9,17H,1,6H2,2-4H3;1,6,8-10H,7H2,2-4H3;4-7H,1-3H3,(H,18,19). The molecule has 0 bridgehead atoms. The lowest BCUT2D eigenvalue weighted by Crippen LogP contribution is -2.51. The number of fused-ring (bicyclic) bond motifs is 8. The summed E-state index contributed by atoms with van der Waals surface area (Å²) in [6.45, 7) is 65.4. The number of hydrogen-bond acceptors (Lipinski definition) is 26. The number of hydrogen-bond donors (Lipinski definition) is 6. The van der Waals surface area contributed by atoms with E-state index in [1.807, 2.05) is 124 Å². The topological polar surface area (TPSA) is 281 Å². The molecule has 33 heteroatoms. The molecule has 5 aliphatic heterocycles. The van der Waals surface area contributed by atoms with Crippen LogP contribution in [0.1, 0.15) is 206 Å². The zero-order chi connectivity index (χ0) is 109. The number of aliphatic hydroxyl groups excluding tert-OH is 1. The molecule has 0 amide bonds. The first kappa shape index (κ1) is 116. The van der Waals surface area contributed by atoms with Crippen LogP contribution in [0, 0.1) is 56.8 Å². The molecule has 0 radical (unpaired) electrons. The van der Waals surface area contributed by atoms with Crippen LogP contribution in [0.5, 0.6) is 0 Å². The number of ketones is 2. The van der Waals surface area contributed by atoms with Gasteiger partial charge in [-0.1, -0.05) is 182 Å². The van der Waals surface area contributed by atoms with E-state index >= 15 is 0 Å². The van der Waals surface area contributed by atoms with Crippen molar-refractivity contribution in [2.45, 2.75) is 265 Å². The van der Waals surface area contributed by atoms with Crippen molar-refractivity contribution in [1.29, 1.82) is 0 Å². The third-order valence-electron chi connectivity index (χ3n) is 24.3. The molecule has 12 aromatic rings. The second-order valence-corrected chi connectivity index (χ2v) is 58.8. The summed E-state index contributed by atoms with van der Waals surface area (Å²) in [7, 11) is 0. The van der Waals surface area contributed by atoms with E-state index in [4.69, 9.17) is 33.6 Å². The van der Waals surface area contributed by atoms with Crippen LogP contribution in [0.2, 0.25) is 0 Å². The van der Waals surface area contributed by atoms with E-state index in [9.17, 15) is 45.8 Å². The number of nitrogens with zero attached hydrogens (tertiary/aromatic N) is 11. The molecule has 0 saturated carbocycles. The number of Topliss-reactive ketones (excluding diaryl/α,β-unsaturated/α-hetero) is 2. The number of anilines is 4. The number of thioether (sulfide) groups is 7. The van der Waals surface area contributed by atoms with Crippen LogP contribution in [0.15, 0.2) is 214 Å². The summed E-state index contributed by atoms with van der Waals surface area (Å²) in [6.07, 6.45) is 1.32. The second kappa shape index (κ2) is 47.0. The minimum Gasteiger partial charge on any atom is -0.508 e. The lowest BCUT2D eigenvalue weighted by atomic mass is 9.90. The maximum atomic E-state index is 13.3. The van der Waals surface area contributed by atoms with Gasteiger partial charge in [0.05, 0.1) is 33.2 Å². The average Bonchev–Trinajstić information content (AvgIpc) is 1.75. The van der Waals surface area contributed by atoms with Crippen LogP contribution in [0.4, 0.5) is 49.5 Å². The first-order valence-corrected chi connectivity index (χ1v) is 56.0. The van der Waals surface area contributed by atoms with Crippen molar-refractivity contribution in [3.05, 3.63) is 237 Å². The number of benzene rings is 7. The van der Waals surface area contributed by atoms with E-state index in [2.05, 4.69) is 254 Å². The predicted octanol–water partition coefficient (Wildman–Crippen LogP) is 26.9. The number of carbonyl (C=O) groups is 2. The van der Waals surface area contributed by atoms with Crippen LogP contribution in [-0.2, 0) is 25.2 Å². The van der Waals surface area contributed by atoms with Gasteiger partial charge in [0.1, 0.15) is 52.1 Å². The molecule has 19 rings (SSSR count). The molecule has 2 atom stereocenters. The van der Waals surface area contributed by atoms with Crippen LogP contribution < -0.4 is 47.5 Å². The Morgan fingerprint density at radius 1 is 0.409 bits per heavy atom. The Kier molecular flexibility index (Phi) is 36.7. The quantitative estimate of drug-likeness (QED) is 0.0241. The maximum Gasteiger partial charge on any atom is 0.433 e. The zero-order valence-corrected chi connectivity index (χ0v) is 95.7. The third-order valence-corrected chi connectivity index (χ3v) is 32.0. The van der Waals surface area contributed by atoms with Gasteiger partial charge in [-0.2, -0.15) is 26.3 Å². The molecule has 2 aliphatic carbocycles. The number of aromatic nitrogens is 8. The number of rotatable bonds is 15. The number of H-pyrrole nitrogens is 1. The summed E-state index contributed by atoms with van der Waals surface area (Å²) in [5.74, 6) is 10.2. The van der Waals surface area contributed by atoms with Crippen molar-refractivity contribution in [2.24, 2.45) is 40.9 Å². The van der Waals surface area contributed by atoms with E-state index in [0.29, 0.717) is 83.8 Å². The average molecular weight is 2160 g/mol. The summed E-state index contributed by atoms with van der Waals surface area (Å²) < 4.78 is 78.5. The number of nitrogens with one attached hydrogen (secondary N) is 2. The number of halogens is 6. The molecule has 5 saturated heterocycles. The normalized spacial score (nSPS) is 16.6. The Morgan fingerprint density at radius 2 is 0.772 bits per heavy atom. The molecule has 0 spiro atoms. The molecule has 7 aromatic carbocycles. The zero-order valence-electron chi connectivity index (χ0n) is 90.0. The SMILES string of the molecule is C#CC1=CCc2ccc(SC(C)(C)C)cc2C1=O.C=C(O)C1=CCc2ccc(SC(C)(C)C)cc2C1=O.CC(C)(C)Sc1ccc2[nH]c(C(F)(F)F)cc(=O)c2c1.CC(C)(C)Sc1ccc2c(N3CC(CN)C3)cc(C(F)(F)F)nc2c1.Cc1nc(N2CC(CN)C2)c2cc(SC(C)(C)C)ccc2n1.Cc1nc(N2CC(CN)C2)c2ccc(SC(C)(C)C)cc2n1.Cc1nc(N2CC3CNC3C2)c2cc(SC(C)(C)C)ccc2n1. The Balaban J connectivity index is 0.000000145. The lowest BCUT2D eigenvalue weighted by molar-refractivity contribution is -0.141. The number of alkyl halides is 6. The fourth-order valence-electron chi connectivity index (χ4n) is 17.7. The van der Waals surface area contributed by atoms with Gasteiger partial charge in [-0.25, -0.2) is 34.9 Å². The number of carbonyl (C=O) groups excluding carboxylic acids is 2. The van der Waals surface area contributed by atoms with Gasteiger partial charge in [0.2, 0.25) is 5.78 Å². The Morgan fingerprint density at radius 3 is 1.16 bits per heavy atom. The van der Waals surface area contributed by atoms with E-state index < -0.39 is 29.2 Å². The maximum absolute atomic E-state index is 13.3. The molecular weight excluding hydrogens is 2020 g/mol. The van der Waals surface area contributed by atoms with Crippen LogP contribution >= 0.6 is 82.3 Å². The molecule has 794 valence electrons. The van der Waals surface area contributed by atoms with Crippen molar-refractivity contribution in [2.75, 3.05) is 98.1 Å². The van der Waals surface area contributed by atoms with Crippen molar-refractivity contribution in [1.82, 2.24) is 45.2 Å². The van der Waals surface area contributed by atoms with Gasteiger partial charge in [0, 0.05) is 211 Å². The molecule has 20 nitrogen and oxygen atoms in total. The number of aromatic amines is 1. The van der Waals surface area contributed by atoms with E-state index in [-0.39, 0.29) is 61.5 Å². The highest BCUT2D eigenvalue weighted by Gasteiger charge is 2.42. The molecule has 10 heterocycles. The van der Waals surface area contributed by atoms with Crippen LogP contribution in [0.25, 0.3) is 54.5 Å². The number of nitrogens with two attached hydrogens (primary N) is 3. The number of allylic oxidation sites excluding steroid dienone is 4. The van der Waals surface area contributed by atoms with Crippen molar-refractivity contribution >= 4 is 172 Å². The van der Waals surface area contributed by atoms with Crippen molar-refractivity contribution in [3.63, 3.8) is 0 Å². The summed E-state index contributed by atoms with van der Waals surface area (Å²) in [5.41, 5.74) is 23.3. The largest absolute Gasteiger partial charge is 0.508 e. The molecule has 5 fully saturated rings. The molecule has 7 aliphatic rings. The predicted molar refractivity (Wildman–Crippen MR) is 616 cm³/mol. The first-order chi connectivity index (χ1) is 69.4. The Hall–Kier alpha value is -9.83. The number of terminal acetylenes is 1. The Labute approximate surface area is 903 Å². The summed E-state index contributed by atoms with van der Waals surface area (Å²) in [5, 5.41) is 17.5. The molecular formula is C116H142F6N16O4S7. The third kappa shape index (κ3) is 32.0. The van der Waals surface area contributed by atoms with Gasteiger partial charge in [0.25, 0.3) is 0 Å². The summed E-state index contributed by atoms with van der Waals surface area (Å²) in [6, 6.07) is 44.5.